The van der Waals surface area contributed by atoms with Crippen molar-refractivity contribution in [3.05, 3.63) is 35.8 Å². The molecule has 24 heteroatoms. The number of hydrogen-bond acceptors (Lipinski definition) is 16. The molecule has 0 aromatic carbocycles. The molecule has 9 atom stereocenters. The third-order valence-corrected chi connectivity index (χ3v) is 57.6. The summed E-state index contributed by atoms with van der Waals surface area (Å²) in [7, 11) is -16.9. The van der Waals surface area contributed by atoms with Crippen LogP contribution in [-0.2, 0) is 63.4 Å². The van der Waals surface area contributed by atoms with Gasteiger partial charge in [-0.25, -0.2) is 0 Å². The third-order valence-electron chi connectivity index (χ3n) is 23.9. The molecule has 0 bridgehead atoms. The molecule has 0 radical (unpaired) electrons. The molecule has 0 amide bonds. The van der Waals surface area contributed by atoms with E-state index in [4.69, 9.17) is 63.4 Å². The van der Waals surface area contributed by atoms with Crippen molar-refractivity contribution in [3.63, 3.8) is 0 Å². The number of hydrogen-bond donors (Lipinski definition) is 2. The van der Waals surface area contributed by atoms with Gasteiger partial charge in [0.15, 0.2) is 0 Å². The predicted molar refractivity (Wildman–Crippen MR) is 422 cm³/mol. The van der Waals surface area contributed by atoms with Crippen LogP contribution in [0.5, 0.6) is 0 Å². The fourth-order valence-electron chi connectivity index (χ4n) is 19.4. The molecule has 2 N–H and O–H groups in total. The molecular formula is C75H150B2O16Si6. The molecule has 7 aliphatic heterocycles. The molecule has 3 unspecified atom stereocenters. The van der Waals surface area contributed by atoms with E-state index in [1.165, 1.54) is 0 Å². The van der Waals surface area contributed by atoms with Crippen LogP contribution in [0.2, 0.25) is 80.1 Å². The lowest BCUT2D eigenvalue weighted by molar-refractivity contribution is -0.125. The summed E-state index contributed by atoms with van der Waals surface area (Å²) in [5.41, 5.74) is 4.02. The van der Waals surface area contributed by atoms with Crippen LogP contribution in [-0.4, -0.2) is 161 Å². The van der Waals surface area contributed by atoms with Crippen LogP contribution in [0.3, 0.4) is 0 Å². The molecular weight excluding hydrogens is 1350 g/mol. The topological polar surface area (TPSA) is 170 Å². The second-order valence-corrected chi connectivity index (χ2v) is 70.6. The Hall–Kier alpha value is -0.469. The van der Waals surface area contributed by atoms with Crippen LogP contribution >= 0.6 is 0 Å². The Morgan fingerprint density at radius 2 is 0.677 bits per heavy atom. The van der Waals surface area contributed by atoms with Gasteiger partial charge in [0.2, 0.25) is 25.0 Å². The average Bonchev–Trinajstić information content (AvgIpc) is 0.970. The van der Waals surface area contributed by atoms with Crippen LogP contribution < -0.4 is 0 Å². The number of fused-ring (bicyclic) bond motifs is 3. The van der Waals surface area contributed by atoms with Gasteiger partial charge in [-0.3, -0.25) is 0 Å². The van der Waals surface area contributed by atoms with Crippen LogP contribution in [0.15, 0.2) is 35.8 Å². The highest BCUT2D eigenvalue weighted by Crippen LogP contribution is 2.60. The zero-order valence-electron chi connectivity index (χ0n) is 70.6. The van der Waals surface area contributed by atoms with Crippen molar-refractivity contribution < 1.29 is 73.4 Å². The van der Waals surface area contributed by atoms with Gasteiger partial charge in [0.05, 0.1) is 55.6 Å². The number of ether oxygens (including phenoxy) is 3. The van der Waals surface area contributed by atoms with E-state index in [2.05, 4.69) is 289 Å². The SMILES string of the molecule is CC(C)[Si](O[C@@H]1C=C(B(O)O)O[C@@H]2CO[Si](C(C)(C)C)(C(C)(C)C)OC12)(C(C)C)C(C)C.CC(C)[Si](O[C@@H]1C=C(B2OC(C)(C)C(C)(C)O2)O[C@@H]2CO[Si](C(C)(C)C)(C(C)(C)C)OC12)(C(C)C)C(C)C.CC(C)[Si](O[C@@H]1C=CO[C@@H]2CO[Si](C(C)(C)C)(C(C)(C)C)OC12)(C(C)C)C(C)C. The van der Waals surface area contributed by atoms with Gasteiger partial charge in [-0.15, -0.1) is 0 Å². The third kappa shape index (κ3) is 17.0. The summed E-state index contributed by atoms with van der Waals surface area (Å²) in [5.74, 6) is 0. The first-order valence-corrected chi connectivity index (χ1v) is 50.2. The van der Waals surface area contributed by atoms with Gasteiger partial charge >= 0.3 is 39.9 Å². The highest BCUT2D eigenvalue weighted by Gasteiger charge is 2.68. The molecule has 0 saturated carbocycles. The van der Waals surface area contributed by atoms with Crippen molar-refractivity contribution in [2.24, 2.45) is 0 Å². The summed E-state index contributed by atoms with van der Waals surface area (Å²) < 4.78 is 94.4. The van der Waals surface area contributed by atoms with Gasteiger partial charge < -0.3 is 73.4 Å². The highest BCUT2D eigenvalue weighted by atomic mass is 28.4. The summed E-state index contributed by atoms with van der Waals surface area (Å²) in [5, 5.41) is 19.2. The van der Waals surface area contributed by atoms with Crippen molar-refractivity contribution in [3.8, 4) is 0 Å². The zero-order valence-corrected chi connectivity index (χ0v) is 76.6. The molecule has 16 nitrogen and oxygen atoms in total. The number of rotatable bonds is 17. The van der Waals surface area contributed by atoms with Crippen molar-refractivity contribution in [2.45, 2.75) is 423 Å². The average molecular weight is 1500 g/mol. The molecule has 7 heterocycles. The van der Waals surface area contributed by atoms with E-state index in [0.29, 0.717) is 75.3 Å². The van der Waals surface area contributed by atoms with Crippen LogP contribution in [0.25, 0.3) is 0 Å². The minimum absolute atomic E-state index is 0.0510. The zero-order chi connectivity index (χ0) is 76.6. The Morgan fingerprint density at radius 1 is 0.414 bits per heavy atom. The first kappa shape index (κ1) is 89.2. The maximum Gasteiger partial charge on any atom is 0.531 e. The molecule has 576 valence electrons. The van der Waals surface area contributed by atoms with E-state index in [0.717, 1.165) is 0 Å². The van der Waals surface area contributed by atoms with E-state index in [1.54, 1.807) is 12.3 Å². The van der Waals surface area contributed by atoms with E-state index in [1.807, 2.05) is 0 Å². The van der Waals surface area contributed by atoms with Crippen LogP contribution in [0.4, 0.5) is 0 Å². The summed E-state index contributed by atoms with van der Waals surface area (Å²) in [6.07, 6.45) is 5.48. The summed E-state index contributed by atoms with van der Waals surface area (Å²) in [4.78, 5) is 0. The second kappa shape index (κ2) is 31.3. The highest BCUT2D eigenvalue weighted by molar-refractivity contribution is 6.79. The molecule has 0 aliphatic carbocycles. The minimum atomic E-state index is -2.74. The maximum absolute atomic E-state index is 9.92. The fraction of sp³-hybridized carbons (Fsp3) is 0.920. The van der Waals surface area contributed by atoms with Crippen LogP contribution in [0, 0.1) is 0 Å². The van der Waals surface area contributed by atoms with Crippen molar-refractivity contribution in [1.29, 1.82) is 0 Å². The van der Waals surface area contributed by atoms with Gasteiger partial charge in [0, 0.05) is 30.2 Å². The molecule has 0 aromatic rings. The van der Waals surface area contributed by atoms with Gasteiger partial charge in [-0.1, -0.05) is 249 Å². The van der Waals surface area contributed by atoms with Crippen molar-refractivity contribution >= 4 is 64.9 Å². The van der Waals surface area contributed by atoms with E-state index < -0.39 is 88.3 Å². The molecule has 0 spiro atoms. The lowest BCUT2D eigenvalue weighted by Crippen LogP contribution is -2.69. The summed E-state index contributed by atoms with van der Waals surface area (Å²) in [6.45, 7) is 91.4. The normalized spacial score (nSPS) is 28.2. The Bertz CT molecular complexity index is 2600. The van der Waals surface area contributed by atoms with Crippen LogP contribution in [0.1, 0.15) is 277 Å². The fourth-order valence-corrected chi connectivity index (χ4v) is 50.8. The Labute approximate surface area is 613 Å². The smallest absolute Gasteiger partial charge is 0.493 e. The van der Waals surface area contributed by atoms with Crippen molar-refractivity contribution in [1.82, 2.24) is 0 Å². The molecule has 4 fully saturated rings. The van der Waals surface area contributed by atoms with Gasteiger partial charge in [-0.2, -0.15) is 0 Å². The Morgan fingerprint density at radius 3 is 0.960 bits per heavy atom. The maximum atomic E-state index is 9.92. The summed E-state index contributed by atoms with van der Waals surface area (Å²) in [6, 6.07) is 0. The van der Waals surface area contributed by atoms with Gasteiger partial charge in [0.1, 0.15) is 47.9 Å². The molecule has 4 saturated heterocycles. The molecule has 7 rings (SSSR count). The van der Waals surface area contributed by atoms with E-state index in [-0.39, 0.29) is 78.6 Å². The van der Waals surface area contributed by atoms with E-state index >= 15 is 0 Å². The quantitative estimate of drug-likeness (QED) is 0.132. The van der Waals surface area contributed by atoms with E-state index in [9.17, 15) is 10.0 Å². The largest absolute Gasteiger partial charge is 0.531 e. The standard InChI is InChI=1S/C29H57BO6Si2.C23H47BO6Si2.C23H46O4Si2/c1-19(2)37(20(3)4,21(5)6)33-22-17-24(30-35-28(13,14)29(15,16)36-30)32-23-18-31-38(26(7,8)9,27(10,11)12)34-25(22)23;1-15(2)31(16(3)4,17(5)6)29-18-13-20(24(25)26)28-19-14-27-32(22(7,8)9,23(10,11)12)30-21(18)19;1-16(2)28(17(3)4,18(5)6)26-19-13-14-24-20-15-25-29(22(7,8)9,23(10,11)12)27-21(19)20/h17,19-23,25H,18H2,1-16H3;13,15-19,21,25-26H,14H2,1-12H3;13-14,16-21H,15H2,1-12H3/t22-,23-,25?;18-,19-,21?;19-,20-,21?/m111/s1. The Kier molecular flexibility index (Phi) is 28.1. The summed E-state index contributed by atoms with van der Waals surface area (Å²) >= 11 is 0. The monoisotopic (exact) mass is 1500 g/mol. The lowest BCUT2D eigenvalue weighted by atomic mass is 9.83. The second-order valence-electron chi connectivity index (χ2n) is 40.1. The Balaban J connectivity index is 0.000000271. The molecule has 7 aliphatic rings. The first-order valence-electron chi connectivity index (χ1n) is 38.3. The van der Waals surface area contributed by atoms with Crippen molar-refractivity contribution in [2.75, 3.05) is 19.8 Å². The molecule has 99 heavy (non-hydrogen) atoms. The molecule has 0 aromatic heterocycles. The first-order chi connectivity index (χ1) is 44.5. The van der Waals surface area contributed by atoms with Gasteiger partial charge in [-0.05, 0) is 95.8 Å². The lowest BCUT2D eigenvalue weighted by Gasteiger charge is -2.57. The van der Waals surface area contributed by atoms with Gasteiger partial charge in [0.25, 0.3) is 0 Å². The predicted octanol–water partition coefficient (Wildman–Crippen LogP) is 20.1. The minimum Gasteiger partial charge on any atom is -0.493 e.